The molecule has 3 N–H and O–H groups in total. The van der Waals surface area contributed by atoms with E-state index in [1.807, 2.05) is 0 Å². The summed E-state index contributed by atoms with van der Waals surface area (Å²) < 4.78 is 37.9. The van der Waals surface area contributed by atoms with Crippen LogP contribution < -0.4 is 10.9 Å². The summed E-state index contributed by atoms with van der Waals surface area (Å²) >= 11 is 5.80. The number of alkyl halides is 3. The van der Waals surface area contributed by atoms with Crippen molar-refractivity contribution in [2.45, 2.75) is 6.18 Å². The number of aromatic nitrogens is 1. The number of nitrogens with one attached hydrogen (secondary N) is 3. The molecule has 2 amide bonds. The summed E-state index contributed by atoms with van der Waals surface area (Å²) in [6.45, 7) is 0. The fourth-order valence-corrected chi connectivity index (χ4v) is 1.89. The van der Waals surface area contributed by atoms with Crippen LogP contribution in [0.25, 0.3) is 6.08 Å². The molecule has 0 atom stereocenters. The molecule has 9 heteroatoms. The van der Waals surface area contributed by atoms with Gasteiger partial charge in [-0.3, -0.25) is 20.4 Å². The van der Waals surface area contributed by atoms with Gasteiger partial charge in [-0.2, -0.15) is 13.2 Å². The van der Waals surface area contributed by atoms with Gasteiger partial charge in [-0.25, -0.2) is 0 Å². The molecule has 0 bridgehead atoms. The summed E-state index contributed by atoms with van der Waals surface area (Å²) in [5.41, 5.74) is 3.61. The molecule has 24 heavy (non-hydrogen) atoms. The van der Waals surface area contributed by atoms with Gasteiger partial charge < -0.3 is 4.98 Å². The molecule has 0 saturated heterocycles. The third-order valence-corrected chi connectivity index (χ3v) is 3.22. The minimum atomic E-state index is -4.51. The minimum Gasteiger partial charge on any atom is -0.357 e. The topological polar surface area (TPSA) is 74.0 Å². The summed E-state index contributed by atoms with van der Waals surface area (Å²) in [4.78, 5) is 25.8. The summed E-state index contributed by atoms with van der Waals surface area (Å²) in [6, 6.07) is 5.86. The number of hydrogen-bond acceptors (Lipinski definition) is 2. The van der Waals surface area contributed by atoms with Gasteiger partial charge in [0.2, 0.25) is 0 Å². The Morgan fingerprint density at radius 2 is 1.92 bits per heavy atom. The predicted molar refractivity (Wildman–Crippen MR) is 81.9 cm³/mol. The van der Waals surface area contributed by atoms with Crippen molar-refractivity contribution in [3.05, 3.63) is 64.4 Å². The van der Waals surface area contributed by atoms with Gasteiger partial charge in [-0.05, 0) is 42.0 Å². The lowest BCUT2D eigenvalue weighted by molar-refractivity contribution is -0.137. The van der Waals surface area contributed by atoms with Gasteiger partial charge in [0.05, 0.1) is 5.56 Å². The van der Waals surface area contributed by atoms with E-state index in [-0.39, 0.29) is 16.3 Å². The highest BCUT2D eigenvalue weighted by Gasteiger charge is 2.30. The number of amides is 2. The molecule has 0 aliphatic heterocycles. The molecule has 2 rings (SSSR count). The molecule has 0 aliphatic carbocycles. The maximum atomic E-state index is 12.6. The van der Waals surface area contributed by atoms with E-state index in [9.17, 15) is 22.8 Å². The Hall–Kier alpha value is -2.74. The van der Waals surface area contributed by atoms with E-state index in [0.29, 0.717) is 0 Å². The Bertz CT molecular complexity index is 771. The van der Waals surface area contributed by atoms with Crippen LogP contribution in [0.5, 0.6) is 0 Å². The van der Waals surface area contributed by atoms with Gasteiger partial charge in [-0.1, -0.05) is 11.6 Å². The van der Waals surface area contributed by atoms with E-state index in [1.165, 1.54) is 12.3 Å². The molecule has 1 aromatic carbocycles. The van der Waals surface area contributed by atoms with Gasteiger partial charge in [0.25, 0.3) is 11.8 Å². The molecule has 0 spiro atoms. The predicted octanol–water partition coefficient (Wildman–Crippen LogP) is 3.16. The molecule has 0 fully saturated rings. The lowest BCUT2D eigenvalue weighted by Crippen LogP contribution is -2.40. The molecular weight excluding hydrogens is 347 g/mol. The van der Waals surface area contributed by atoms with Crippen LogP contribution in [-0.4, -0.2) is 16.8 Å². The Labute approximate surface area is 139 Å². The molecule has 0 aliphatic rings. The van der Waals surface area contributed by atoms with Gasteiger partial charge in [-0.15, -0.1) is 0 Å². The largest absolute Gasteiger partial charge is 0.416 e. The fourth-order valence-electron chi connectivity index (χ4n) is 1.71. The highest BCUT2D eigenvalue weighted by Crippen LogP contribution is 2.32. The lowest BCUT2D eigenvalue weighted by atomic mass is 10.1. The third kappa shape index (κ3) is 4.63. The van der Waals surface area contributed by atoms with Crippen molar-refractivity contribution in [2.24, 2.45) is 0 Å². The van der Waals surface area contributed by atoms with Crippen LogP contribution in [0, 0.1) is 0 Å². The first-order valence-corrected chi connectivity index (χ1v) is 6.93. The number of H-pyrrole nitrogens is 1. The van der Waals surface area contributed by atoms with Crippen molar-refractivity contribution in [3.8, 4) is 0 Å². The number of benzene rings is 1. The second-order valence-corrected chi connectivity index (χ2v) is 5.00. The van der Waals surface area contributed by atoms with E-state index >= 15 is 0 Å². The monoisotopic (exact) mass is 357 g/mol. The average Bonchev–Trinajstić information content (AvgIpc) is 3.05. The first-order chi connectivity index (χ1) is 11.3. The van der Waals surface area contributed by atoms with Crippen LogP contribution in [-0.2, 0) is 11.0 Å². The molecule has 2 aromatic rings. The van der Waals surface area contributed by atoms with E-state index in [2.05, 4.69) is 15.8 Å². The van der Waals surface area contributed by atoms with Crippen molar-refractivity contribution < 1.29 is 22.8 Å². The second-order valence-electron chi connectivity index (χ2n) is 4.59. The molecule has 1 heterocycles. The molecule has 0 unspecified atom stereocenters. The maximum absolute atomic E-state index is 12.6. The van der Waals surface area contributed by atoms with Gasteiger partial charge >= 0.3 is 6.18 Å². The standard InChI is InChI=1S/C15H11ClF3N3O2/c16-11-5-4-10(15(17,18)19)8-9(11)3-6-13(23)21-22-14(24)12-2-1-7-20-12/h1-8,20H,(H,21,23)(H,22,24)/b6-3+. The molecule has 5 nitrogen and oxygen atoms in total. The molecule has 126 valence electrons. The summed E-state index contributed by atoms with van der Waals surface area (Å²) in [7, 11) is 0. The minimum absolute atomic E-state index is 0.0253. The van der Waals surface area contributed by atoms with Crippen LogP contribution >= 0.6 is 11.6 Å². The quantitative estimate of drug-likeness (QED) is 0.583. The Balaban J connectivity index is 2.00. The van der Waals surface area contributed by atoms with Crippen molar-refractivity contribution in [2.75, 3.05) is 0 Å². The number of hydrazine groups is 1. The Morgan fingerprint density at radius 3 is 2.54 bits per heavy atom. The van der Waals surface area contributed by atoms with Crippen LogP contribution in [0.1, 0.15) is 21.6 Å². The van der Waals surface area contributed by atoms with E-state index in [1.54, 1.807) is 6.07 Å². The summed E-state index contributed by atoms with van der Waals surface area (Å²) in [5, 5.41) is 0.0578. The number of halogens is 4. The van der Waals surface area contributed by atoms with Crippen LogP contribution in [0.2, 0.25) is 5.02 Å². The zero-order chi connectivity index (χ0) is 17.7. The summed E-state index contributed by atoms with van der Waals surface area (Å²) in [5.74, 6) is -1.30. The normalized spacial score (nSPS) is 11.5. The third-order valence-electron chi connectivity index (χ3n) is 2.88. The van der Waals surface area contributed by atoms with Crippen LogP contribution in [0.3, 0.4) is 0 Å². The first kappa shape index (κ1) is 17.6. The Kier molecular flexibility index (Phi) is 5.30. The Morgan fingerprint density at radius 1 is 1.17 bits per heavy atom. The van der Waals surface area contributed by atoms with Crippen molar-refractivity contribution in [3.63, 3.8) is 0 Å². The van der Waals surface area contributed by atoms with Gasteiger partial charge in [0, 0.05) is 17.3 Å². The van der Waals surface area contributed by atoms with Crippen molar-refractivity contribution in [1.82, 2.24) is 15.8 Å². The second kappa shape index (κ2) is 7.22. The first-order valence-electron chi connectivity index (χ1n) is 6.56. The van der Waals surface area contributed by atoms with Crippen molar-refractivity contribution in [1.29, 1.82) is 0 Å². The number of aromatic amines is 1. The molecule has 0 radical (unpaired) electrons. The zero-order valence-corrected chi connectivity index (χ0v) is 12.7. The van der Waals surface area contributed by atoms with E-state index < -0.39 is 23.6 Å². The maximum Gasteiger partial charge on any atom is 0.416 e. The average molecular weight is 358 g/mol. The highest BCUT2D eigenvalue weighted by atomic mass is 35.5. The van der Waals surface area contributed by atoms with E-state index in [0.717, 1.165) is 30.4 Å². The van der Waals surface area contributed by atoms with Gasteiger partial charge in [0.15, 0.2) is 0 Å². The molecule has 0 saturated carbocycles. The zero-order valence-electron chi connectivity index (χ0n) is 11.9. The fraction of sp³-hybridized carbons (Fsp3) is 0.0667. The highest BCUT2D eigenvalue weighted by molar-refractivity contribution is 6.32. The van der Waals surface area contributed by atoms with Crippen LogP contribution in [0.15, 0.2) is 42.6 Å². The molecule has 1 aromatic heterocycles. The smallest absolute Gasteiger partial charge is 0.357 e. The number of hydrogen-bond donors (Lipinski definition) is 3. The SMILES string of the molecule is O=C(/C=C/c1cc(C(F)(F)F)ccc1Cl)NNC(=O)c1ccc[nH]1. The number of rotatable bonds is 3. The van der Waals surface area contributed by atoms with Crippen LogP contribution in [0.4, 0.5) is 13.2 Å². The van der Waals surface area contributed by atoms with E-state index in [4.69, 9.17) is 11.6 Å². The van der Waals surface area contributed by atoms with Crippen molar-refractivity contribution >= 4 is 29.5 Å². The van der Waals surface area contributed by atoms with Gasteiger partial charge in [0.1, 0.15) is 5.69 Å². The summed E-state index contributed by atoms with van der Waals surface area (Å²) in [6.07, 6.45) is -0.907. The molecular formula is C15H11ClF3N3O2. The number of carbonyl (C=O) groups excluding carboxylic acids is 2. The number of carbonyl (C=O) groups is 2. The lowest BCUT2D eigenvalue weighted by Gasteiger charge is -2.08.